The van der Waals surface area contributed by atoms with Crippen LogP contribution in [-0.4, -0.2) is 9.97 Å². The fourth-order valence-electron chi connectivity index (χ4n) is 4.00. The lowest BCUT2D eigenvalue weighted by molar-refractivity contribution is 0.513. The van der Waals surface area contributed by atoms with Crippen molar-refractivity contribution in [2.75, 3.05) is 0 Å². The molecule has 6 rings (SSSR count). The average molecular weight is 413 g/mol. The predicted octanol–water partition coefficient (Wildman–Crippen LogP) is 7.74. The Morgan fingerprint density at radius 3 is 2.23 bits per heavy atom. The highest BCUT2D eigenvalue weighted by Crippen LogP contribution is 2.39. The van der Waals surface area contributed by atoms with Gasteiger partial charge in [-0.15, -0.1) is 11.3 Å². The Hall–Kier alpha value is -3.18. The van der Waals surface area contributed by atoms with Crippen LogP contribution in [0.25, 0.3) is 53.8 Å². The summed E-state index contributed by atoms with van der Waals surface area (Å²) in [6.07, 6.45) is 4.42. The molecule has 3 heterocycles. The van der Waals surface area contributed by atoms with Gasteiger partial charge in [-0.1, -0.05) is 38.0 Å². The molecule has 3 aromatic carbocycles. The zero-order valence-electron chi connectivity index (χ0n) is 16.6. The molecule has 3 aromatic heterocycles. The Balaban J connectivity index is 1.47. The first kappa shape index (κ1) is 17.7. The van der Waals surface area contributed by atoms with Crippen molar-refractivity contribution in [3.8, 4) is 11.5 Å². The zero-order chi connectivity index (χ0) is 20.1. The number of unbranched alkanes of at least 4 members (excludes halogenated alkanes) is 2. The summed E-state index contributed by atoms with van der Waals surface area (Å²) in [5.41, 5.74) is 4.47. The first-order chi connectivity index (χ1) is 14.8. The lowest BCUT2D eigenvalue weighted by atomic mass is 10.1. The standard InChI is InChI=1S/C25H20N2O2S/c1-2-3-5-10-24-26-18-13-22-16(11-20(18)28-24)17-12-21-19(14-23(17)30-22)27-25(29-21)15-8-6-4-7-9-15/h4,6-9,11-14H,2-3,5,10H2,1H3. The van der Waals surface area contributed by atoms with Gasteiger partial charge < -0.3 is 8.83 Å². The number of hydrogen-bond donors (Lipinski definition) is 0. The second kappa shape index (κ2) is 6.96. The topological polar surface area (TPSA) is 52.1 Å². The van der Waals surface area contributed by atoms with E-state index in [0.717, 1.165) is 46.5 Å². The monoisotopic (exact) mass is 412 g/mol. The summed E-state index contributed by atoms with van der Waals surface area (Å²) < 4.78 is 14.5. The highest BCUT2D eigenvalue weighted by molar-refractivity contribution is 7.26. The van der Waals surface area contributed by atoms with Crippen molar-refractivity contribution in [3.63, 3.8) is 0 Å². The Labute approximate surface area is 177 Å². The number of fused-ring (bicyclic) bond motifs is 5. The summed E-state index contributed by atoms with van der Waals surface area (Å²) >= 11 is 1.76. The van der Waals surface area contributed by atoms with Crippen molar-refractivity contribution in [3.05, 3.63) is 60.5 Å². The van der Waals surface area contributed by atoms with Gasteiger partial charge in [0.1, 0.15) is 11.0 Å². The van der Waals surface area contributed by atoms with Gasteiger partial charge in [0.25, 0.3) is 0 Å². The first-order valence-corrected chi connectivity index (χ1v) is 11.2. The Morgan fingerprint density at radius 2 is 1.50 bits per heavy atom. The van der Waals surface area contributed by atoms with Crippen molar-refractivity contribution < 1.29 is 8.83 Å². The van der Waals surface area contributed by atoms with Gasteiger partial charge in [0, 0.05) is 32.2 Å². The second-order valence-corrected chi connectivity index (χ2v) is 8.77. The van der Waals surface area contributed by atoms with Crippen LogP contribution in [0.15, 0.2) is 63.4 Å². The fraction of sp³-hybridized carbons (Fsp3) is 0.200. The molecule has 0 spiro atoms. The molecule has 0 N–H and O–H groups in total. The molecule has 0 fully saturated rings. The smallest absolute Gasteiger partial charge is 0.227 e. The van der Waals surface area contributed by atoms with E-state index in [1.807, 2.05) is 30.3 Å². The van der Waals surface area contributed by atoms with Crippen LogP contribution in [0.5, 0.6) is 0 Å². The quantitative estimate of drug-likeness (QED) is 0.272. The van der Waals surface area contributed by atoms with E-state index in [1.54, 1.807) is 11.3 Å². The highest BCUT2D eigenvalue weighted by Gasteiger charge is 2.15. The largest absolute Gasteiger partial charge is 0.441 e. The van der Waals surface area contributed by atoms with Gasteiger partial charge in [-0.2, -0.15) is 0 Å². The lowest BCUT2D eigenvalue weighted by Gasteiger charge is -1.93. The van der Waals surface area contributed by atoms with Gasteiger partial charge >= 0.3 is 0 Å². The number of rotatable bonds is 5. The van der Waals surface area contributed by atoms with Crippen LogP contribution in [0.1, 0.15) is 32.1 Å². The molecule has 0 aliphatic carbocycles. The summed E-state index contributed by atoms with van der Waals surface area (Å²) in [6, 6.07) is 18.5. The normalized spacial score (nSPS) is 12.0. The third-order valence-electron chi connectivity index (χ3n) is 5.55. The molecule has 148 valence electrons. The Bertz CT molecular complexity index is 1510. The SMILES string of the molecule is CCCCCc1nc2cc3sc4cc5nc(-c6ccccc6)oc5cc4c3cc2o1. The molecule has 0 aliphatic heterocycles. The number of aryl methyl sites for hydroxylation is 1. The molecule has 5 heteroatoms. The van der Waals surface area contributed by atoms with Crippen molar-refractivity contribution in [2.24, 2.45) is 0 Å². The van der Waals surface area contributed by atoms with Gasteiger partial charge in [0.05, 0.1) is 0 Å². The minimum atomic E-state index is 0.655. The third kappa shape index (κ3) is 2.89. The van der Waals surface area contributed by atoms with E-state index in [2.05, 4.69) is 31.2 Å². The number of aromatic nitrogens is 2. The number of benzene rings is 3. The van der Waals surface area contributed by atoms with Crippen molar-refractivity contribution in [1.82, 2.24) is 9.97 Å². The van der Waals surface area contributed by atoms with Crippen LogP contribution in [-0.2, 0) is 6.42 Å². The summed E-state index contributed by atoms with van der Waals surface area (Å²) in [4.78, 5) is 9.41. The lowest BCUT2D eigenvalue weighted by Crippen LogP contribution is -1.84. The number of nitrogens with zero attached hydrogens (tertiary/aromatic N) is 2. The van der Waals surface area contributed by atoms with E-state index in [4.69, 9.17) is 18.8 Å². The van der Waals surface area contributed by atoms with Crippen LogP contribution in [0, 0.1) is 0 Å². The maximum absolute atomic E-state index is 6.08. The van der Waals surface area contributed by atoms with Gasteiger partial charge in [0.15, 0.2) is 17.1 Å². The second-order valence-electron chi connectivity index (χ2n) is 7.68. The van der Waals surface area contributed by atoms with Crippen LogP contribution < -0.4 is 0 Å². The molecule has 0 bridgehead atoms. The highest BCUT2D eigenvalue weighted by atomic mass is 32.1. The summed E-state index contributed by atoms with van der Waals surface area (Å²) in [7, 11) is 0. The minimum absolute atomic E-state index is 0.655. The van der Waals surface area contributed by atoms with Gasteiger partial charge in [0.2, 0.25) is 5.89 Å². The maximum Gasteiger partial charge on any atom is 0.227 e. The van der Waals surface area contributed by atoms with E-state index in [0.29, 0.717) is 5.89 Å². The van der Waals surface area contributed by atoms with Crippen molar-refractivity contribution >= 4 is 53.7 Å². The summed E-state index contributed by atoms with van der Waals surface area (Å²) in [5.74, 6) is 1.49. The van der Waals surface area contributed by atoms with Crippen LogP contribution >= 0.6 is 11.3 Å². The van der Waals surface area contributed by atoms with E-state index in [1.165, 1.54) is 33.0 Å². The fourth-order valence-corrected chi connectivity index (χ4v) is 5.14. The molecule has 0 radical (unpaired) electrons. The zero-order valence-corrected chi connectivity index (χ0v) is 17.5. The van der Waals surface area contributed by atoms with Crippen LogP contribution in [0.2, 0.25) is 0 Å². The van der Waals surface area contributed by atoms with Crippen molar-refractivity contribution in [1.29, 1.82) is 0 Å². The first-order valence-electron chi connectivity index (χ1n) is 10.4. The van der Waals surface area contributed by atoms with Crippen LogP contribution in [0.3, 0.4) is 0 Å². The van der Waals surface area contributed by atoms with E-state index in [9.17, 15) is 0 Å². The van der Waals surface area contributed by atoms with Crippen LogP contribution in [0.4, 0.5) is 0 Å². The third-order valence-corrected chi connectivity index (χ3v) is 6.66. The molecule has 4 nitrogen and oxygen atoms in total. The molecule has 0 unspecified atom stereocenters. The summed E-state index contributed by atoms with van der Waals surface area (Å²) in [6.45, 7) is 2.21. The number of hydrogen-bond acceptors (Lipinski definition) is 5. The molecule has 30 heavy (non-hydrogen) atoms. The average Bonchev–Trinajstić information content (AvgIpc) is 3.45. The van der Waals surface area contributed by atoms with E-state index < -0.39 is 0 Å². The molecule has 0 atom stereocenters. The number of oxazole rings is 2. The predicted molar refractivity (Wildman–Crippen MR) is 123 cm³/mol. The molecular formula is C25H20N2O2S. The van der Waals surface area contributed by atoms with E-state index in [-0.39, 0.29) is 0 Å². The number of thiophene rings is 1. The van der Waals surface area contributed by atoms with Gasteiger partial charge in [-0.25, -0.2) is 9.97 Å². The Morgan fingerprint density at radius 1 is 0.800 bits per heavy atom. The molecule has 0 amide bonds. The molecular weight excluding hydrogens is 392 g/mol. The molecule has 0 aliphatic rings. The van der Waals surface area contributed by atoms with Gasteiger partial charge in [-0.3, -0.25) is 0 Å². The Kier molecular flexibility index (Phi) is 4.09. The van der Waals surface area contributed by atoms with Crippen molar-refractivity contribution in [2.45, 2.75) is 32.6 Å². The molecule has 0 saturated carbocycles. The molecule has 0 saturated heterocycles. The minimum Gasteiger partial charge on any atom is -0.441 e. The molecule has 6 aromatic rings. The maximum atomic E-state index is 6.08. The summed E-state index contributed by atoms with van der Waals surface area (Å²) in [5, 5.41) is 2.35. The van der Waals surface area contributed by atoms with Gasteiger partial charge in [-0.05, 0) is 42.8 Å². The van der Waals surface area contributed by atoms with E-state index >= 15 is 0 Å².